The fraction of sp³-hybridized carbons (Fsp3) is 0.643. The Bertz CT molecular complexity index is 636. The Hall–Kier alpha value is -1.09. The van der Waals surface area contributed by atoms with E-state index in [0.29, 0.717) is 32.0 Å². The minimum Gasteiger partial charge on any atom is -0.463 e. The molecule has 0 atom stereocenters. The van der Waals surface area contributed by atoms with Gasteiger partial charge in [-0.2, -0.15) is 4.31 Å². The number of halogens is 1. The predicted molar refractivity (Wildman–Crippen MR) is 87.2 cm³/mol. The minimum atomic E-state index is -3.67. The fourth-order valence-corrected chi connectivity index (χ4v) is 4.30. The highest BCUT2D eigenvalue weighted by molar-refractivity contribution is 7.89. The molecular weight excluding hydrogens is 344 g/mol. The SMILES string of the molecule is CCc1oc(C(=O)OC)cc1S(=O)(=O)N1CCC(CN)CC1.Cl. The Balaban J connectivity index is 0.00000264. The molecule has 1 aromatic rings. The molecule has 0 aromatic carbocycles. The van der Waals surface area contributed by atoms with E-state index < -0.39 is 16.0 Å². The van der Waals surface area contributed by atoms with Gasteiger partial charge in [-0.15, -0.1) is 12.4 Å². The number of carbonyl (C=O) groups is 1. The molecule has 1 aliphatic heterocycles. The molecule has 0 saturated carbocycles. The third-order valence-electron chi connectivity index (χ3n) is 4.00. The average molecular weight is 367 g/mol. The molecular formula is C14H23ClN2O5S. The predicted octanol–water partition coefficient (Wildman–Crippen LogP) is 1.41. The molecule has 23 heavy (non-hydrogen) atoms. The highest BCUT2D eigenvalue weighted by Gasteiger charge is 2.33. The molecule has 1 aromatic heterocycles. The van der Waals surface area contributed by atoms with Gasteiger partial charge in [-0.1, -0.05) is 6.92 Å². The number of ether oxygens (including phenoxy) is 1. The van der Waals surface area contributed by atoms with Gasteiger partial charge in [0.2, 0.25) is 15.8 Å². The van der Waals surface area contributed by atoms with Crippen molar-refractivity contribution in [2.75, 3.05) is 26.7 Å². The van der Waals surface area contributed by atoms with Crippen molar-refractivity contribution in [3.8, 4) is 0 Å². The van der Waals surface area contributed by atoms with Crippen LogP contribution in [0.5, 0.6) is 0 Å². The summed E-state index contributed by atoms with van der Waals surface area (Å²) in [6, 6.07) is 1.26. The van der Waals surface area contributed by atoms with Crippen molar-refractivity contribution in [3.63, 3.8) is 0 Å². The maximum absolute atomic E-state index is 12.8. The van der Waals surface area contributed by atoms with Crippen molar-refractivity contribution in [1.29, 1.82) is 0 Å². The average Bonchev–Trinajstić information content (AvgIpc) is 2.99. The second-order valence-corrected chi connectivity index (χ2v) is 7.23. The van der Waals surface area contributed by atoms with Crippen molar-refractivity contribution in [2.24, 2.45) is 11.7 Å². The quantitative estimate of drug-likeness (QED) is 0.790. The van der Waals surface area contributed by atoms with E-state index in [4.69, 9.17) is 10.2 Å². The number of aryl methyl sites for hydroxylation is 1. The maximum atomic E-state index is 12.8. The van der Waals surface area contributed by atoms with Gasteiger partial charge in [0.05, 0.1) is 7.11 Å². The smallest absolute Gasteiger partial charge is 0.373 e. The van der Waals surface area contributed by atoms with Crippen LogP contribution in [0, 0.1) is 5.92 Å². The normalized spacial score (nSPS) is 16.8. The zero-order chi connectivity index (χ0) is 16.3. The van der Waals surface area contributed by atoms with E-state index in [9.17, 15) is 13.2 Å². The van der Waals surface area contributed by atoms with Crippen LogP contribution < -0.4 is 5.73 Å². The van der Waals surface area contributed by atoms with E-state index in [2.05, 4.69) is 4.74 Å². The van der Waals surface area contributed by atoms with Crippen LogP contribution in [-0.2, 0) is 21.2 Å². The summed E-state index contributed by atoms with van der Waals surface area (Å²) in [6.45, 7) is 3.23. The van der Waals surface area contributed by atoms with Crippen LogP contribution in [0.25, 0.3) is 0 Å². The second kappa shape index (κ2) is 8.14. The van der Waals surface area contributed by atoms with Crippen molar-refractivity contribution in [3.05, 3.63) is 17.6 Å². The van der Waals surface area contributed by atoms with Gasteiger partial charge in [-0.25, -0.2) is 13.2 Å². The molecule has 7 nitrogen and oxygen atoms in total. The summed E-state index contributed by atoms with van der Waals surface area (Å²) in [4.78, 5) is 11.6. The van der Waals surface area contributed by atoms with Gasteiger partial charge in [0.25, 0.3) is 0 Å². The van der Waals surface area contributed by atoms with Crippen LogP contribution >= 0.6 is 12.4 Å². The molecule has 0 bridgehead atoms. The Morgan fingerprint density at radius 3 is 2.52 bits per heavy atom. The molecule has 1 fully saturated rings. The number of nitrogens with zero attached hydrogens (tertiary/aromatic N) is 1. The summed E-state index contributed by atoms with van der Waals surface area (Å²) in [5.74, 6) is -0.124. The lowest BCUT2D eigenvalue weighted by atomic mass is 9.99. The number of nitrogens with two attached hydrogens (primary N) is 1. The van der Waals surface area contributed by atoms with Gasteiger partial charge in [-0.05, 0) is 25.3 Å². The Labute approximate surface area is 142 Å². The molecule has 2 heterocycles. The number of sulfonamides is 1. The number of furan rings is 1. The van der Waals surface area contributed by atoms with E-state index in [1.807, 2.05) is 0 Å². The summed E-state index contributed by atoms with van der Waals surface area (Å²) in [7, 11) is -2.44. The molecule has 132 valence electrons. The van der Waals surface area contributed by atoms with Crippen LogP contribution in [-0.4, -0.2) is 45.4 Å². The Morgan fingerprint density at radius 1 is 1.43 bits per heavy atom. The first-order valence-electron chi connectivity index (χ1n) is 7.35. The van der Waals surface area contributed by atoms with Crippen molar-refractivity contribution < 1.29 is 22.4 Å². The number of hydrogen-bond acceptors (Lipinski definition) is 6. The van der Waals surface area contributed by atoms with Gasteiger partial charge in [-0.3, -0.25) is 0 Å². The third kappa shape index (κ3) is 4.06. The van der Waals surface area contributed by atoms with Crippen molar-refractivity contribution in [2.45, 2.75) is 31.1 Å². The first-order valence-corrected chi connectivity index (χ1v) is 8.79. The molecule has 2 rings (SSSR count). The third-order valence-corrected chi connectivity index (χ3v) is 5.95. The standard InChI is InChI=1S/C14H22N2O5S.ClH/c1-3-11-13(8-12(21-11)14(17)20-2)22(18,19)16-6-4-10(9-15)5-7-16;/h8,10H,3-7,9,15H2,1-2H3;1H. The molecule has 0 radical (unpaired) electrons. The largest absolute Gasteiger partial charge is 0.463 e. The summed E-state index contributed by atoms with van der Waals surface area (Å²) < 4.78 is 36.9. The van der Waals surface area contributed by atoms with Crippen LogP contribution in [0.3, 0.4) is 0 Å². The van der Waals surface area contributed by atoms with Gasteiger partial charge < -0.3 is 14.9 Å². The number of piperidine rings is 1. The fourth-order valence-electron chi connectivity index (χ4n) is 2.60. The Kier molecular flexibility index (Phi) is 7.06. The minimum absolute atomic E-state index is 0. The van der Waals surface area contributed by atoms with Crippen LogP contribution in [0.1, 0.15) is 36.1 Å². The van der Waals surface area contributed by atoms with Gasteiger partial charge in [0.15, 0.2) is 0 Å². The van der Waals surface area contributed by atoms with Crippen LogP contribution in [0.15, 0.2) is 15.4 Å². The van der Waals surface area contributed by atoms with Crippen LogP contribution in [0.2, 0.25) is 0 Å². The molecule has 0 unspecified atom stereocenters. The number of rotatable bonds is 5. The van der Waals surface area contributed by atoms with Crippen molar-refractivity contribution >= 4 is 28.4 Å². The summed E-state index contributed by atoms with van der Waals surface area (Å²) in [6.07, 6.45) is 1.88. The molecule has 1 saturated heterocycles. The lowest BCUT2D eigenvalue weighted by Gasteiger charge is -2.30. The number of hydrogen-bond donors (Lipinski definition) is 1. The lowest BCUT2D eigenvalue weighted by Crippen LogP contribution is -2.40. The van der Waals surface area contributed by atoms with Gasteiger partial charge in [0.1, 0.15) is 10.7 Å². The molecule has 1 aliphatic rings. The van der Waals surface area contributed by atoms with Gasteiger partial charge >= 0.3 is 5.97 Å². The van der Waals surface area contributed by atoms with E-state index in [1.54, 1.807) is 6.92 Å². The van der Waals surface area contributed by atoms with Gasteiger partial charge in [0, 0.05) is 25.6 Å². The molecule has 9 heteroatoms. The molecule has 0 amide bonds. The van der Waals surface area contributed by atoms with Crippen molar-refractivity contribution in [1.82, 2.24) is 4.31 Å². The topological polar surface area (TPSA) is 103 Å². The van der Waals surface area contributed by atoms with E-state index in [0.717, 1.165) is 12.8 Å². The zero-order valence-electron chi connectivity index (χ0n) is 13.3. The summed E-state index contributed by atoms with van der Waals surface area (Å²) in [5.41, 5.74) is 5.63. The molecule has 2 N–H and O–H groups in total. The van der Waals surface area contributed by atoms with E-state index in [-0.39, 0.29) is 28.8 Å². The summed E-state index contributed by atoms with van der Waals surface area (Å²) >= 11 is 0. The van der Waals surface area contributed by atoms with E-state index in [1.165, 1.54) is 17.5 Å². The zero-order valence-corrected chi connectivity index (χ0v) is 14.9. The second-order valence-electron chi connectivity index (χ2n) is 5.33. The monoisotopic (exact) mass is 366 g/mol. The van der Waals surface area contributed by atoms with Crippen LogP contribution in [0.4, 0.5) is 0 Å². The molecule has 0 aliphatic carbocycles. The first-order chi connectivity index (χ1) is 10.4. The van der Waals surface area contributed by atoms with E-state index >= 15 is 0 Å². The lowest BCUT2D eigenvalue weighted by molar-refractivity contribution is 0.0563. The Morgan fingerprint density at radius 2 is 2.04 bits per heavy atom. The number of esters is 1. The number of carbonyl (C=O) groups excluding carboxylic acids is 1. The maximum Gasteiger partial charge on any atom is 0.373 e. The molecule has 0 spiro atoms. The highest BCUT2D eigenvalue weighted by atomic mass is 35.5. The summed E-state index contributed by atoms with van der Waals surface area (Å²) in [5, 5.41) is 0. The highest BCUT2D eigenvalue weighted by Crippen LogP contribution is 2.28. The first kappa shape index (κ1) is 20.0. The number of methoxy groups -OCH3 is 1.